The second-order valence-electron chi connectivity index (χ2n) is 5.89. The number of nitrogens with two attached hydrogens (primary N) is 1. The molecule has 1 amide bonds. The van der Waals surface area contributed by atoms with Crippen LogP contribution in [0.5, 0.6) is 0 Å². The standard InChI is InChI=1S/C13H22N4O/c1-8-10(14)11(17-16-8)15-12(18)9-6-4-5-7-13(9,2)3/h9H,4-7,14H2,1-3H3,(H2,15,16,17,18). The Morgan fingerprint density at radius 3 is 2.78 bits per heavy atom. The van der Waals surface area contributed by atoms with Gasteiger partial charge in [0, 0.05) is 5.92 Å². The van der Waals surface area contributed by atoms with Gasteiger partial charge in [-0.05, 0) is 25.2 Å². The van der Waals surface area contributed by atoms with Gasteiger partial charge < -0.3 is 11.1 Å². The minimum absolute atomic E-state index is 0.0397. The van der Waals surface area contributed by atoms with Crippen molar-refractivity contribution in [1.82, 2.24) is 10.2 Å². The van der Waals surface area contributed by atoms with Crippen LogP contribution in [0.15, 0.2) is 0 Å². The number of aromatic nitrogens is 2. The summed E-state index contributed by atoms with van der Waals surface area (Å²) in [6, 6.07) is 0. The van der Waals surface area contributed by atoms with Gasteiger partial charge in [0.05, 0.1) is 11.4 Å². The molecule has 0 radical (unpaired) electrons. The van der Waals surface area contributed by atoms with Crippen LogP contribution in [0.25, 0.3) is 0 Å². The minimum Gasteiger partial charge on any atom is -0.394 e. The van der Waals surface area contributed by atoms with Gasteiger partial charge in [-0.25, -0.2) is 0 Å². The zero-order valence-corrected chi connectivity index (χ0v) is 11.3. The third-order valence-electron chi connectivity index (χ3n) is 4.06. The highest BCUT2D eigenvalue weighted by Gasteiger charge is 2.37. The molecule has 1 atom stereocenters. The maximum atomic E-state index is 12.3. The molecule has 5 nitrogen and oxygen atoms in total. The Kier molecular flexibility index (Phi) is 3.32. The van der Waals surface area contributed by atoms with Crippen molar-refractivity contribution >= 4 is 17.4 Å². The molecule has 1 aromatic rings. The van der Waals surface area contributed by atoms with Crippen molar-refractivity contribution in [3.8, 4) is 0 Å². The van der Waals surface area contributed by atoms with Crippen LogP contribution in [0.4, 0.5) is 11.5 Å². The summed E-state index contributed by atoms with van der Waals surface area (Å²) in [4.78, 5) is 12.3. The van der Waals surface area contributed by atoms with E-state index < -0.39 is 0 Å². The highest BCUT2D eigenvalue weighted by atomic mass is 16.2. The number of hydrogen-bond acceptors (Lipinski definition) is 3. The first-order valence-electron chi connectivity index (χ1n) is 6.53. The number of nitrogens with one attached hydrogen (secondary N) is 2. The third-order valence-corrected chi connectivity index (χ3v) is 4.06. The van der Waals surface area contributed by atoms with Crippen molar-refractivity contribution in [3.63, 3.8) is 0 Å². The van der Waals surface area contributed by atoms with Gasteiger partial charge in [0.1, 0.15) is 0 Å². The van der Waals surface area contributed by atoms with Gasteiger partial charge in [-0.3, -0.25) is 9.89 Å². The molecule has 1 saturated carbocycles. The number of nitrogen functional groups attached to an aromatic ring is 1. The number of amides is 1. The lowest BCUT2D eigenvalue weighted by Gasteiger charge is -2.37. The highest BCUT2D eigenvalue weighted by Crippen LogP contribution is 2.41. The van der Waals surface area contributed by atoms with Crippen molar-refractivity contribution in [2.75, 3.05) is 11.1 Å². The monoisotopic (exact) mass is 250 g/mol. The molecule has 1 fully saturated rings. The Labute approximate surface area is 108 Å². The summed E-state index contributed by atoms with van der Waals surface area (Å²) in [7, 11) is 0. The Bertz CT molecular complexity index is 450. The topological polar surface area (TPSA) is 83.8 Å². The lowest BCUT2D eigenvalue weighted by atomic mass is 9.68. The van der Waals surface area contributed by atoms with Crippen LogP contribution >= 0.6 is 0 Å². The Morgan fingerprint density at radius 1 is 1.50 bits per heavy atom. The fraction of sp³-hybridized carbons (Fsp3) is 0.692. The summed E-state index contributed by atoms with van der Waals surface area (Å²) in [5, 5.41) is 9.64. The van der Waals surface area contributed by atoms with E-state index >= 15 is 0 Å². The van der Waals surface area contributed by atoms with E-state index in [1.807, 2.05) is 6.92 Å². The summed E-state index contributed by atoms with van der Waals surface area (Å²) in [5.41, 5.74) is 7.21. The van der Waals surface area contributed by atoms with Gasteiger partial charge in [0.25, 0.3) is 0 Å². The predicted molar refractivity (Wildman–Crippen MR) is 72.1 cm³/mol. The van der Waals surface area contributed by atoms with Crippen LogP contribution in [-0.4, -0.2) is 16.1 Å². The van der Waals surface area contributed by atoms with Crippen LogP contribution in [-0.2, 0) is 4.79 Å². The zero-order chi connectivity index (χ0) is 13.3. The maximum absolute atomic E-state index is 12.3. The first kappa shape index (κ1) is 12.9. The molecular formula is C13H22N4O. The van der Waals surface area contributed by atoms with Crippen LogP contribution in [0, 0.1) is 18.3 Å². The first-order chi connectivity index (χ1) is 8.42. The number of carbonyl (C=O) groups excluding carboxylic acids is 1. The SMILES string of the molecule is Cc1[nH]nc(NC(=O)C2CCCCC2(C)C)c1N. The Balaban J connectivity index is 2.10. The lowest BCUT2D eigenvalue weighted by molar-refractivity contribution is -0.124. The largest absolute Gasteiger partial charge is 0.394 e. The first-order valence-corrected chi connectivity index (χ1v) is 6.53. The molecule has 0 bridgehead atoms. The van der Waals surface area contributed by atoms with E-state index in [1.54, 1.807) is 0 Å². The van der Waals surface area contributed by atoms with E-state index in [1.165, 1.54) is 6.42 Å². The number of H-pyrrole nitrogens is 1. The number of carbonyl (C=O) groups is 1. The van der Waals surface area contributed by atoms with Crippen LogP contribution < -0.4 is 11.1 Å². The fourth-order valence-electron chi connectivity index (χ4n) is 2.72. The molecule has 5 heteroatoms. The van der Waals surface area contributed by atoms with E-state index in [2.05, 4.69) is 29.4 Å². The number of nitrogens with zero attached hydrogens (tertiary/aromatic N) is 1. The molecule has 0 aromatic carbocycles. The molecule has 0 saturated heterocycles. The quantitative estimate of drug-likeness (QED) is 0.753. The molecule has 18 heavy (non-hydrogen) atoms. The third kappa shape index (κ3) is 2.35. The van der Waals surface area contributed by atoms with E-state index in [0.29, 0.717) is 11.5 Å². The van der Waals surface area contributed by atoms with Crippen molar-refractivity contribution in [3.05, 3.63) is 5.69 Å². The van der Waals surface area contributed by atoms with E-state index in [9.17, 15) is 4.79 Å². The minimum atomic E-state index is 0.0397. The molecule has 1 aliphatic rings. The highest BCUT2D eigenvalue weighted by molar-refractivity contribution is 5.94. The maximum Gasteiger partial charge on any atom is 0.229 e. The van der Waals surface area contributed by atoms with Gasteiger partial charge in [0.15, 0.2) is 5.82 Å². The van der Waals surface area contributed by atoms with E-state index in [4.69, 9.17) is 5.73 Å². The summed E-state index contributed by atoms with van der Waals surface area (Å²) >= 11 is 0. The van der Waals surface area contributed by atoms with E-state index in [0.717, 1.165) is 25.0 Å². The number of hydrogen-bond donors (Lipinski definition) is 3. The molecule has 0 spiro atoms. The molecule has 0 aliphatic heterocycles. The molecular weight excluding hydrogens is 228 g/mol. The molecule has 4 N–H and O–H groups in total. The van der Waals surface area contributed by atoms with Crippen LogP contribution in [0.2, 0.25) is 0 Å². The Morgan fingerprint density at radius 2 is 2.22 bits per heavy atom. The summed E-state index contributed by atoms with van der Waals surface area (Å²) in [5.74, 6) is 0.541. The van der Waals surface area contributed by atoms with Crippen LogP contribution in [0.3, 0.4) is 0 Å². The summed E-state index contributed by atoms with van der Waals surface area (Å²) < 4.78 is 0. The van der Waals surface area contributed by atoms with Crippen molar-refractivity contribution in [2.45, 2.75) is 46.5 Å². The Hall–Kier alpha value is -1.52. The zero-order valence-electron chi connectivity index (χ0n) is 11.3. The van der Waals surface area contributed by atoms with E-state index in [-0.39, 0.29) is 17.2 Å². The van der Waals surface area contributed by atoms with Gasteiger partial charge in [-0.2, -0.15) is 5.10 Å². The normalized spacial score (nSPS) is 22.7. The van der Waals surface area contributed by atoms with Gasteiger partial charge in [-0.15, -0.1) is 0 Å². The molecule has 100 valence electrons. The average Bonchev–Trinajstić information content (AvgIpc) is 2.60. The molecule has 1 unspecified atom stereocenters. The van der Waals surface area contributed by atoms with Gasteiger partial charge >= 0.3 is 0 Å². The number of aromatic amines is 1. The molecule has 1 heterocycles. The molecule has 1 aliphatic carbocycles. The average molecular weight is 250 g/mol. The fourth-order valence-corrected chi connectivity index (χ4v) is 2.72. The number of aryl methyl sites for hydroxylation is 1. The number of anilines is 2. The van der Waals surface area contributed by atoms with Gasteiger partial charge in [0.2, 0.25) is 5.91 Å². The van der Waals surface area contributed by atoms with Crippen molar-refractivity contribution in [1.29, 1.82) is 0 Å². The second-order valence-corrected chi connectivity index (χ2v) is 5.89. The molecule has 1 aromatic heterocycles. The van der Waals surface area contributed by atoms with Crippen molar-refractivity contribution in [2.24, 2.45) is 11.3 Å². The lowest BCUT2D eigenvalue weighted by Crippen LogP contribution is -2.37. The summed E-state index contributed by atoms with van der Waals surface area (Å²) in [6.07, 6.45) is 4.37. The summed E-state index contributed by atoms with van der Waals surface area (Å²) in [6.45, 7) is 6.16. The van der Waals surface area contributed by atoms with Gasteiger partial charge in [-0.1, -0.05) is 26.7 Å². The number of rotatable bonds is 2. The molecule has 2 rings (SSSR count). The van der Waals surface area contributed by atoms with Crippen molar-refractivity contribution < 1.29 is 4.79 Å². The predicted octanol–water partition coefficient (Wildman–Crippen LogP) is 2.46. The second kappa shape index (κ2) is 4.63. The van der Waals surface area contributed by atoms with Crippen LogP contribution in [0.1, 0.15) is 45.2 Å². The smallest absolute Gasteiger partial charge is 0.229 e.